The minimum Gasteiger partial charge on any atom is -0.496 e. The average Bonchev–Trinajstić information content (AvgIpc) is 2.35. The van der Waals surface area contributed by atoms with Crippen molar-refractivity contribution >= 4 is 23.1 Å². The van der Waals surface area contributed by atoms with Crippen LogP contribution < -0.4 is 4.74 Å². The fourth-order valence-electron chi connectivity index (χ4n) is 1.08. The Balaban J connectivity index is 2.80. The molecular weight excluding hydrogens is 226 g/mol. The van der Waals surface area contributed by atoms with Crippen LogP contribution in [0.2, 0.25) is 0 Å². The van der Waals surface area contributed by atoms with Crippen LogP contribution in [0.4, 0.5) is 0 Å². The predicted octanol–water partition coefficient (Wildman–Crippen LogP) is 3.30. The van der Waals surface area contributed by atoms with Crippen LogP contribution in [0.5, 0.6) is 5.75 Å². The summed E-state index contributed by atoms with van der Waals surface area (Å²) in [7, 11) is 1.60. The van der Waals surface area contributed by atoms with E-state index in [0.29, 0.717) is 23.1 Å². The summed E-state index contributed by atoms with van der Waals surface area (Å²) >= 11 is 5.57. The predicted molar refractivity (Wildman–Crippen MR) is 66.9 cm³/mol. The zero-order valence-corrected chi connectivity index (χ0v) is 10.1. The summed E-state index contributed by atoms with van der Waals surface area (Å²) in [6, 6.07) is 7.45. The van der Waals surface area contributed by atoms with Crippen molar-refractivity contribution in [1.82, 2.24) is 0 Å². The highest BCUT2D eigenvalue weighted by Crippen LogP contribution is 2.25. The molecule has 0 N–H and O–H groups in total. The van der Waals surface area contributed by atoms with Gasteiger partial charge in [-0.1, -0.05) is 23.9 Å². The minimum absolute atomic E-state index is 0.333. The van der Waals surface area contributed by atoms with E-state index in [9.17, 15) is 0 Å². The third-order valence-corrected chi connectivity index (χ3v) is 2.30. The molecule has 0 spiro atoms. The smallest absolute Gasteiger partial charge is 0.161 e. The lowest BCUT2D eigenvalue weighted by Crippen LogP contribution is -1.96. The van der Waals surface area contributed by atoms with Gasteiger partial charge in [-0.2, -0.15) is 0 Å². The standard InChI is InChI=1S/C12H14ClNO2/c1-9(8-13)14-16-10(2)11-6-4-5-7-12(11)15-3/h4-7H,2,8H2,1,3H3/b14-9+. The molecule has 1 aromatic rings. The molecule has 0 saturated carbocycles. The third kappa shape index (κ3) is 3.28. The van der Waals surface area contributed by atoms with Gasteiger partial charge >= 0.3 is 0 Å². The molecule has 16 heavy (non-hydrogen) atoms. The summed E-state index contributed by atoms with van der Waals surface area (Å²) in [5, 5.41) is 3.82. The van der Waals surface area contributed by atoms with Crippen LogP contribution in [0, 0.1) is 0 Å². The molecule has 86 valence electrons. The first-order valence-electron chi connectivity index (χ1n) is 4.77. The highest BCUT2D eigenvalue weighted by atomic mass is 35.5. The molecule has 0 unspecified atom stereocenters. The molecule has 0 aliphatic heterocycles. The number of para-hydroxylation sites is 1. The van der Waals surface area contributed by atoms with Crippen molar-refractivity contribution in [2.45, 2.75) is 6.92 Å². The number of hydrogen-bond acceptors (Lipinski definition) is 3. The number of benzene rings is 1. The molecule has 0 atom stereocenters. The molecule has 0 aromatic heterocycles. The Morgan fingerprint density at radius 3 is 2.75 bits per heavy atom. The highest BCUT2D eigenvalue weighted by molar-refractivity contribution is 6.28. The third-order valence-electron chi connectivity index (χ3n) is 1.91. The lowest BCUT2D eigenvalue weighted by Gasteiger charge is -2.08. The van der Waals surface area contributed by atoms with E-state index in [2.05, 4.69) is 11.7 Å². The molecule has 0 heterocycles. The second-order valence-electron chi connectivity index (χ2n) is 3.17. The second-order valence-corrected chi connectivity index (χ2v) is 3.44. The maximum Gasteiger partial charge on any atom is 0.161 e. The minimum atomic E-state index is 0.333. The van der Waals surface area contributed by atoms with Gasteiger partial charge in [-0.25, -0.2) is 0 Å². The van der Waals surface area contributed by atoms with Gasteiger partial charge in [0.05, 0.1) is 24.3 Å². The van der Waals surface area contributed by atoms with Gasteiger partial charge in [0.15, 0.2) is 5.76 Å². The van der Waals surface area contributed by atoms with Crippen LogP contribution in [0.3, 0.4) is 0 Å². The van der Waals surface area contributed by atoms with Crippen LogP contribution in [-0.4, -0.2) is 18.7 Å². The fraction of sp³-hybridized carbons (Fsp3) is 0.250. The number of alkyl halides is 1. The van der Waals surface area contributed by atoms with Crippen LogP contribution in [0.15, 0.2) is 36.0 Å². The number of hydrogen-bond donors (Lipinski definition) is 0. The zero-order valence-electron chi connectivity index (χ0n) is 9.37. The molecule has 0 aliphatic rings. The van der Waals surface area contributed by atoms with Gasteiger partial charge in [0.1, 0.15) is 5.75 Å². The Bertz CT molecular complexity index is 402. The average molecular weight is 240 g/mol. The van der Waals surface area contributed by atoms with Crippen LogP contribution in [0.25, 0.3) is 5.76 Å². The van der Waals surface area contributed by atoms with E-state index in [1.54, 1.807) is 14.0 Å². The number of halogens is 1. The molecule has 3 nitrogen and oxygen atoms in total. The summed E-state index contributed by atoms with van der Waals surface area (Å²) in [5.74, 6) is 1.47. The normalized spacial score (nSPS) is 11.1. The van der Waals surface area contributed by atoms with E-state index in [1.807, 2.05) is 24.3 Å². The van der Waals surface area contributed by atoms with E-state index in [-0.39, 0.29) is 0 Å². The molecule has 0 radical (unpaired) electrons. The molecule has 0 aliphatic carbocycles. The van der Waals surface area contributed by atoms with Crippen molar-refractivity contribution in [3.8, 4) is 5.75 Å². The molecular formula is C12H14ClNO2. The van der Waals surface area contributed by atoms with E-state index in [1.165, 1.54) is 0 Å². The molecule has 0 bridgehead atoms. The SMILES string of the molecule is C=C(O/N=C(\C)CCl)c1ccccc1OC. The van der Waals surface area contributed by atoms with Gasteiger partial charge in [-0.15, -0.1) is 11.6 Å². The maximum atomic E-state index is 5.57. The van der Waals surface area contributed by atoms with E-state index in [0.717, 1.165) is 5.56 Å². The Hall–Kier alpha value is -1.48. The Morgan fingerprint density at radius 2 is 2.12 bits per heavy atom. The van der Waals surface area contributed by atoms with E-state index >= 15 is 0 Å². The van der Waals surface area contributed by atoms with E-state index < -0.39 is 0 Å². The van der Waals surface area contributed by atoms with Gasteiger partial charge in [-0.05, 0) is 19.1 Å². The Morgan fingerprint density at radius 1 is 1.44 bits per heavy atom. The summed E-state index contributed by atoms with van der Waals surface area (Å²) in [6.45, 7) is 5.57. The molecule has 0 saturated heterocycles. The van der Waals surface area contributed by atoms with Gasteiger partial charge in [-0.3, -0.25) is 0 Å². The number of rotatable bonds is 5. The Labute approximate surface area is 100 Å². The molecule has 1 aromatic carbocycles. The fourth-order valence-corrected chi connectivity index (χ4v) is 1.13. The number of methoxy groups -OCH3 is 1. The van der Waals surface area contributed by atoms with Gasteiger partial charge < -0.3 is 9.57 Å². The first-order chi connectivity index (χ1) is 7.69. The van der Waals surface area contributed by atoms with Crippen LogP contribution in [-0.2, 0) is 4.84 Å². The molecule has 0 amide bonds. The number of nitrogens with zero attached hydrogens (tertiary/aromatic N) is 1. The lowest BCUT2D eigenvalue weighted by molar-refractivity contribution is 0.296. The largest absolute Gasteiger partial charge is 0.496 e. The van der Waals surface area contributed by atoms with Crippen molar-refractivity contribution in [1.29, 1.82) is 0 Å². The van der Waals surface area contributed by atoms with E-state index in [4.69, 9.17) is 21.2 Å². The summed E-state index contributed by atoms with van der Waals surface area (Å²) in [5.41, 5.74) is 1.47. The highest BCUT2D eigenvalue weighted by Gasteiger charge is 2.06. The summed E-state index contributed by atoms with van der Waals surface area (Å²) < 4.78 is 5.18. The molecule has 0 fully saturated rings. The van der Waals surface area contributed by atoms with Crippen molar-refractivity contribution < 1.29 is 9.57 Å². The molecule has 1 rings (SSSR count). The van der Waals surface area contributed by atoms with Crippen LogP contribution in [0.1, 0.15) is 12.5 Å². The first-order valence-corrected chi connectivity index (χ1v) is 5.31. The van der Waals surface area contributed by atoms with Gasteiger partial charge in [0.2, 0.25) is 0 Å². The second kappa shape index (κ2) is 6.18. The van der Waals surface area contributed by atoms with Crippen molar-refractivity contribution in [2.75, 3.05) is 13.0 Å². The van der Waals surface area contributed by atoms with Crippen molar-refractivity contribution in [3.05, 3.63) is 36.4 Å². The summed E-state index contributed by atoms with van der Waals surface area (Å²) in [4.78, 5) is 5.15. The topological polar surface area (TPSA) is 30.8 Å². The van der Waals surface area contributed by atoms with Crippen molar-refractivity contribution in [2.24, 2.45) is 5.16 Å². The molecule has 4 heteroatoms. The quantitative estimate of drug-likeness (QED) is 0.342. The van der Waals surface area contributed by atoms with Gasteiger partial charge in [0.25, 0.3) is 0 Å². The Kier molecular flexibility index (Phi) is 4.86. The maximum absolute atomic E-state index is 5.57. The zero-order chi connectivity index (χ0) is 12.0. The van der Waals surface area contributed by atoms with Crippen molar-refractivity contribution in [3.63, 3.8) is 0 Å². The monoisotopic (exact) mass is 239 g/mol. The van der Waals surface area contributed by atoms with Gasteiger partial charge in [0, 0.05) is 0 Å². The number of ether oxygens (including phenoxy) is 1. The van der Waals surface area contributed by atoms with Crippen LogP contribution >= 0.6 is 11.6 Å². The number of oxime groups is 1. The lowest BCUT2D eigenvalue weighted by atomic mass is 10.2. The first kappa shape index (κ1) is 12.6. The summed E-state index contributed by atoms with van der Waals surface area (Å²) in [6.07, 6.45) is 0.